The number of aliphatic hydroxyl groups excluding tert-OH is 2. The Balaban J connectivity index is 1.86. The van der Waals surface area contributed by atoms with Gasteiger partial charge in [0.25, 0.3) is 0 Å². The molecule has 0 bridgehead atoms. The monoisotopic (exact) mass is 280 g/mol. The van der Waals surface area contributed by atoms with E-state index >= 15 is 0 Å². The van der Waals surface area contributed by atoms with Crippen molar-refractivity contribution in [1.29, 1.82) is 0 Å². The fraction of sp³-hybridized carbons (Fsp3) is 0.800. The summed E-state index contributed by atoms with van der Waals surface area (Å²) in [7, 11) is 0. The van der Waals surface area contributed by atoms with Crippen molar-refractivity contribution in [3.05, 3.63) is 11.6 Å². The highest BCUT2D eigenvalue weighted by Crippen LogP contribution is 2.84. The maximum absolute atomic E-state index is 12.0. The van der Waals surface area contributed by atoms with Crippen molar-refractivity contribution in [2.45, 2.75) is 50.6 Å². The van der Waals surface area contributed by atoms with E-state index in [2.05, 4.69) is 0 Å². The molecule has 0 aromatic heterocycles. The lowest BCUT2D eigenvalue weighted by Gasteiger charge is -2.46. The van der Waals surface area contributed by atoms with Crippen molar-refractivity contribution < 1.29 is 24.9 Å². The SMILES string of the molecule is CC1=C[C@H]2O[C@@H]3[C@H](O)C[C@@]4(C)[C@]3(O)[C@@]4(CO)[C@H]2CC1=O. The number of allylic oxidation sites excluding steroid dienone is 1. The molecule has 0 aromatic rings. The third kappa shape index (κ3) is 0.978. The number of rotatable bonds is 1. The molecular weight excluding hydrogens is 260 g/mol. The van der Waals surface area contributed by atoms with E-state index in [0.717, 1.165) is 0 Å². The van der Waals surface area contributed by atoms with Gasteiger partial charge in [-0.05, 0) is 25.0 Å². The van der Waals surface area contributed by atoms with E-state index < -0.39 is 28.6 Å². The fourth-order valence-electron chi connectivity index (χ4n) is 5.60. The Kier molecular flexibility index (Phi) is 2.17. The number of carbonyl (C=O) groups excluding carboxylic acids is 1. The summed E-state index contributed by atoms with van der Waals surface area (Å²) in [6, 6.07) is 0. The second-order valence-corrected chi connectivity index (χ2v) is 7.10. The van der Waals surface area contributed by atoms with Crippen molar-refractivity contribution in [2.75, 3.05) is 6.61 Å². The van der Waals surface area contributed by atoms with Crippen LogP contribution in [0.2, 0.25) is 0 Å². The molecule has 7 atom stereocenters. The molecule has 5 nitrogen and oxygen atoms in total. The predicted molar refractivity (Wildman–Crippen MR) is 68.7 cm³/mol. The number of ether oxygens (including phenoxy) is 1. The highest BCUT2D eigenvalue weighted by Gasteiger charge is 2.94. The Morgan fingerprint density at radius 1 is 1.50 bits per heavy atom. The normalized spacial score (nSPS) is 59.9. The minimum absolute atomic E-state index is 0.0545. The second kappa shape index (κ2) is 3.35. The summed E-state index contributed by atoms with van der Waals surface area (Å²) in [4.78, 5) is 12.0. The van der Waals surface area contributed by atoms with Crippen LogP contribution in [0.25, 0.3) is 0 Å². The van der Waals surface area contributed by atoms with Crippen LogP contribution in [0.5, 0.6) is 0 Å². The van der Waals surface area contributed by atoms with Crippen molar-refractivity contribution in [3.8, 4) is 0 Å². The van der Waals surface area contributed by atoms with Gasteiger partial charge in [-0.15, -0.1) is 0 Å². The maximum Gasteiger partial charge on any atom is 0.158 e. The van der Waals surface area contributed by atoms with Gasteiger partial charge in [0.15, 0.2) is 5.78 Å². The minimum Gasteiger partial charge on any atom is -0.396 e. The van der Waals surface area contributed by atoms with Gasteiger partial charge in [0.1, 0.15) is 11.7 Å². The van der Waals surface area contributed by atoms with Gasteiger partial charge in [0.2, 0.25) is 0 Å². The first-order chi connectivity index (χ1) is 9.33. The highest BCUT2D eigenvalue weighted by atomic mass is 16.5. The summed E-state index contributed by atoms with van der Waals surface area (Å²) in [5, 5.41) is 31.2. The Bertz CT molecular complexity index is 542. The van der Waals surface area contributed by atoms with E-state index in [1.807, 2.05) is 6.92 Å². The standard InChI is InChI=1S/C15H20O5/c1-7-3-11-8(4-9(7)17)14(6-16)13(2)5-10(18)12(20-11)15(13,14)19/h3,8,10-12,16,18-19H,4-6H2,1-2H3/t8-,10+,11+,12+,13+,14-,15-/m0/s1. The fourth-order valence-corrected chi connectivity index (χ4v) is 5.60. The third-order valence-electron chi connectivity index (χ3n) is 6.66. The van der Waals surface area contributed by atoms with Crippen LogP contribution in [0, 0.1) is 16.7 Å². The molecule has 0 spiro atoms. The number of aliphatic hydroxyl groups is 3. The molecule has 1 heterocycles. The first kappa shape index (κ1) is 13.0. The zero-order valence-electron chi connectivity index (χ0n) is 11.7. The lowest BCUT2D eigenvalue weighted by Crippen LogP contribution is -2.57. The van der Waals surface area contributed by atoms with Crippen LogP contribution < -0.4 is 0 Å². The summed E-state index contributed by atoms with van der Waals surface area (Å²) in [5.74, 6) is -0.152. The topological polar surface area (TPSA) is 87.0 Å². The number of fused-ring (bicyclic) bond motifs is 3. The summed E-state index contributed by atoms with van der Waals surface area (Å²) < 4.78 is 5.92. The molecule has 0 unspecified atom stereocenters. The molecule has 20 heavy (non-hydrogen) atoms. The summed E-state index contributed by atoms with van der Waals surface area (Å²) in [5.41, 5.74) is -1.84. The quantitative estimate of drug-likeness (QED) is 0.618. The third-order valence-corrected chi connectivity index (χ3v) is 6.66. The van der Waals surface area contributed by atoms with Crippen molar-refractivity contribution in [2.24, 2.45) is 16.7 Å². The van der Waals surface area contributed by atoms with Crippen LogP contribution in [-0.4, -0.2) is 51.6 Å². The van der Waals surface area contributed by atoms with Gasteiger partial charge in [0, 0.05) is 23.2 Å². The Labute approximate surface area is 117 Å². The average molecular weight is 280 g/mol. The lowest BCUT2D eigenvalue weighted by molar-refractivity contribution is -0.200. The minimum atomic E-state index is -1.21. The molecule has 2 saturated carbocycles. The predicted octanol–water partition coefficient (Wildman–Crippen LogP) is -0.217. The molecule has 4 aliphatic rings. The Morgan fingerprint density at radius 3 is 2.85 bits per heavy atom. The second-order valence-electron chi connectivity index (χ2n) is 7.10. The molecule has 0 radical (unpaired) electrons. The van der Waals surface area contributed by atoms with E-state index in [1.165, 1.54) is 0 Å². The van der Waals surface area contributed by atoms with Crippen LogP contribution >= 0.6 is 0 Å². The van der Waals surface area contributed by atoms with Crippen LogP contribution in [-0.2, 0) is 9.53 Å². The van der Waals surface area contributed by atoms with Crippen molar-refractivity contribution in [3.63, 3.8) is 0 Å². The Morgan fingerprint density at radius 2 is 2.20 bits per heavy atom. The molecule has 3 N–H and O–H groups in total. The smallest absolute Gasteiger partial charge is 0.158 e. The zero-order chi connectivity index (χ0) is 14.5. The van der Waals surface area contributed by atoms with Gasteiger partial charge in [-0.2, -0.15) is 0 Å². The molecule has 0 aromatic carbocycles. The van der Waals surface area contributed by atoms with Crippen LogP contribution in [0.4, 0.5) is 0 Å². The number of hydrogen-bond donors (Lipinski definition) is 3. The maximum atomic E-state index is 12.0. The zero-order valence-corrected chi connectivity index (χ0v) is 11.7. The highest BCUT2D eigenvalue weighted by molar-refractivity contribution is 5.96. The molecule has 3 aliphatic carbocycles. The number of carbonyl (C=O) groups is 1. The van der Waals surface area contributed by atoms with Gasteiger partial charge < -0.3 is 20.1 Å². The van der Waals surface area contributed by atoms with Crippen molar-refractivity contribution >= 4 is 5.78 Å². The van der Waals surface area contributed by atoms with Gasteiger partial charge >= 0.3 is 0 Å². The first-order valence-corrected chi connectivity index (χ1v) is 7.22. The molecule has 110 valence electrons. The van der Waals surface area contributed by atoms with Crippen LogP contribution in [0.1, 0.15) is 26.7 Å². The lowest BCUT2D eigenvalue weighted by atomic mass is 9.68. The molecule has 5 heteroatoms. The molecular formula is C15H20O5. The average Bonchev–Trinajstić information content (AvgIpc) is 2.72. The van der Waals surface area contributed by atoms with E-state index in [9.17, 15) is 20.1 Å². The summed E-state index contributed by atoms with van der Waals surface area (Å²) in [6.07, 6.45) is 0.817. The Hall–Kier alpha value is -0.750. The largest absolute Gasteiger partial charge is 0.396 e. The van der Waals surface area contributed by atoms with E-state index in [-0.39, 0.29) is 24.4 Å². The van der Waals surface area contributed by atoms with E-state index in [0.29, 0.717) is 18.4 Å². The van der Waals surface area contributed by atoms with E-state index in [4.69, 9.17) is 4.74 Å². The van der Waals surface area contributed by atoms with Gasteiger partial charge in [-0.3, -0.25) is 4.79 Å². The summed E-state index contributed by atoms with van der Waals surface area (Å²) in [6.45, 7) is 3.49. The summed E-state index contributed by atoms with van der Waals surface area (Å²) >= 11 is 0. The van der Waals surface area contributed by atoms with Gasteiger partial charge in [-0.25, -0.2) is 0 Å². The van der Waals surface area contributed by atoms with Gasteiger partial charge in [-0.1, -0.05) is 6.92 Å². The van der Waals surface area contributed by atoms with E-state index in [1.54, 1.807) is 13.0 Å². The molecule has 3 fully saturated rings. The number of ketones is 1. The van der Waals surface area contributed by atoms with Crippen LogP contribution in [0.15, 0.2) is 11.6 Å². The van der Waals surface area contributed by atoms with Crippen LogP contribution in [0.3, 0.4) is 0 Å². The molecule has 1 aliphatic heterocycles. The molecule has 4 rings (SSSR count). The van der Waals surface area contributed by atoms with Gasteiger partial charge in [0.05, 0.1) is 18.8 Å². The molecule has 1 saturated heterocycles. The molecule has 0 amide bonds. The first-order valence-electron chi connectivity index (χ1n) is 7.22. The number of hydrogen-bond acceptors (Lipinski definition) is 5. The number of Topliss-reactive ketones (excluding diaryl/α,β-unsaturated/α-hetero) is 1. The van der Waals surface area contributed by atoms with Crippen molar-refractivity contribution in [1.82, 2.24) is 0 Å².